The lowest BCUT2D eigenvalue weighted by molar-refractivity contribution is -0.120. The first kappa shape index (κ1) is 13.6. The molecule has 0 heterocycles. The number of carbonyl (C=O) groups excluding carboxylic acids is 1. The number of ketones is 1. The third-order valence-corrected chi connectivity index (χ3v) is 2.78. The van der Waals surface area contributed by atoms with Crippen LogP contribution in [0.1, 0.15) is 5.56 Å². The highest BCUT2D eigenvalue weighted by atomic mass is 35.5. The number of hydrogen-bond acceptors (Lipinski definition) is 2. The lowest BCUT2D eigenvalue weighted by Gasteiger charge is -2.06. The summed E-state index contributed by atoms with van der Waals surface area (Å²) < 4.78 is 18.7. The van der Waals surface area contributed by atoms with Crippen molar-refractivity contribution in [1.29, 1.82) is 0 Å². The average molecular weight is 279 g/mol. The molecule has 0 amide bonds. The van der Waals surface area contributed by atoms with Gasteiger partial charge in [0, 0.05) is 11.4 Å². The Kier molecular flexibility index (Phi) is 4.53. The molecule has 0 aromatic heterocycles. The molecular formula is C15H12ClFO2. The molecule has 19 heavy (non-hydrogen) atoms. The average Bonchev–Trinajstić information content (AvgIpc) is 2.39. The standard InChI is InChI=1S/C15H12ClFO2/c16-12-5-3-6-14(9-12)19-10-13(18)8-11-4-1-2-7-15(11)17/h1-7,9H,8,10H2. The van der Waals surface area contributed by atoms with Gasteiger partial charge in [0.1, 0.15) is 18.2 Å². The summed E-state index contributed by atoms with van der Waals surface area (Å²) in [7, 11) is 0. The second kappa shape index (κ2) is 6.34. The van der Waals surface area contributed by atoms with Gasteiger partial charge in [0.15, 0.2) is 5.78 Å². The zero-order chi connectivity index (χ0) is 13.7. The molecule has 0 N–H and O–H groups in total. The number of benzene rings is 2. The van der Waals surface area contributed by atoms with Crippen molar-refractivity contribution in [3.63, 3.8) is 0 Å². The fourth-order valence-corrected chi connectivity index (χ4v) is 1.81. The van der Waals surface area contributed by atoms with E-state index >= 15 is 0 Å². The lowest BCUT2D eigenvalue weighted by Crippen LogP contribution is -2.14. The van der Waals surface area contributed by atoms with Gasteiger partial charge >= 0.3 is 0 Å². The third-order valence-electron chi connectivity index (χ3n) is 2.54. The Bertz CT molecular complexity index is 584. The minimum atomic E-state index is -0.376. The number of Topliss-reactive ketones (excluding diaryl/α,β-unsaturated/α-hetero) is 1. The van der Waals surface area contributed by atoms with E-state index in [0.29, 0.717) is 16.3 Å². The Morgan fingerprint density at radius 3 is 2.68 bits per heavy atom. The van der Waals surface area contributed by atoms with Crippen molar-refractivity contribution >= 4 is 17.4 Å². The first-order valence-corrected chi connectivity index (χ1v) is 6.16. The Morgan fingerprint density at radius 2 is 1.95 bits per heavy atom. The number of hydrogen-bond donors (Lipinski definition) is 0. The summed E-state index contributed by atoms with van der Waals surface area (Å²) in [6.07, 6.45) is 0.0211. The minimum Gasteiger partial charge on any atom is -0.486 e. The molecule has 2 aromatic rings. The third kappa shape index (κ3) is 4.07. The Hall–Kier alpha value is -1.87. The van der Waals surface area contributed by atoms with Gasteiger partial charge in [-0.1, -0.05) is 35.9 Å². The van der Waals surface area contributed by atoms with E-state index in [2.05, 4.69) is 0 Å². The summed E-state index contributed by atoms with van der Waals surface area (Å²) in [5, 5.41) is 0.541. The van der Waals surface area contributed by atoms with E-state index in [1.165, 1.54) is 6.07 Å². The highest BCUT2D eigenvalue weighted by Gasteiger charge is 2.08. The van der Waals surface area contributed by atoms with Crippen LogP contribution in [0.3, 0.4) is 0 Å². The van der Waals surface area contributed by atoms with Gasteiger partial charge in [-0.15, -0.1) is 0 Å². The van der Waals surface area contributed by atoms with E-state index in [1.54, 1.807) is 42.5 Å². The molecule has 0 aliphatic carbocycles. The summed E-state index contributed by atoms with van der Waals surface area (Å²) in [6, 6.07) is 13.0. The molecule has 0 unspecified atom stereocenters. The quantitative estimate of drug-likeness (QED) is 0.834. The highest BCUT2D eigenvalue weighted by Crippen LogP contribution is 2.17. The van der Waals surface area contributed by atoms with Crippen LogP contribution in [0.5, 0.6) is 5.75 Å². The predicted molar refractivity (Wildman–Crippen MR) is 72.1 cm³/mol. The zero-order valence-electron chi connectivity index (χ0n) is 10.1. The minimum absolute atomic E-state index is 0.0211. The first-order chi connectivity index (χ1) is 9.15. The molecule has 0 radical (unpaired) electrons. The van der Waals surface area contributed by atoms with E-state index in [4.69, 9.17) is 16.3 Å². The maximum atomic E-state index is 13.4. The summed E-state index contributed by atoms with van der Waals surface area (Å²) >= 11 is 5.80. The van der Waals surface area contributed by atoms with Crippen LogP contribution in [0.4, 0.5) is 4.39 Å². The summed E-state index contributed by atoms with van der Waals surface area (Å²) in [5.74, 6) is -0.0435. The maximum Gasteiger partial charge on any atom is 0.174 e. The number of ether oxygens (including phenoxy) is 1. The van der Waals surface area contributed by atoms with Crippen LogP contribution in [-0.4, -0.2) is 12.4 Å². The van der Waals surface area contributed by atoms with E-state index in [0.717, 1.165) is 0 Å². The molecule has 98 valence electrons. The monoisotopic (exact) mass is 278 g/mol. The second-order valence-electron chi connectivity index (χ2n) is 4.05. The fraction of sp³-hybridized carbons (Fsp3) is 0.133. The molecule has 0 saturated heterocycles. The van der Waals surface area contributed by atoms with Gasteiger partial charge in [0.05, 0.1) is 0 Å². The van der Waals surface area contributed by atoms with Gasteiger partial charge < -0.3 is 4.74 Å². The summed E-state index contributed by atoms with van der Waals surface area (Å²) in [5.41, 5.74) is 0.377. The van der Waals surface area contributed by atoms with Crippen molar-refractivity contribution in [2.75, 3.05) is 6.61 Å². The van der Waals surface area contributed by atoms with Crippen LogP contribution >= 0.6 is 11.6 Å². The molecular weight excluding hydrogens is 267 g/mol. The van der Waals surface area contributed by atoms with E-state index in [9.17, 15) is 9.18 Å². The van der Waals surface area contributed by atoms with Crippen molar-refractivity contribution in [3.05, 3.63) is 64.9 Å². The van der Waals surface area contributed by atoms with Crippen LogP contribution in [0.2, 0.25) is 5.02 Å². The van der Waals surface area contributed by atoms with Crippen molar-refractivity contribution in [2.45, 2.75) is 6.42 Å². The molecule has 0 saturated carbocycles. The molecule has 2 rings (SSSR count). The highest BCUT2D eigenvalue weighted by molar-refractivity contribution is 6.30. The summed E-state index contributed by atoms with van der Waals surface area (Å²) in [6.45, 7) is -0.103. The largest absolute Gasteiger partial charge is 0.486 e. The number of carbonyl (C=O) groups is 1. The Balaban J connectivity index is 1.90. The first-order valence-electron chi connectivity index (χ1n) is 5.78. The molecule has 0 spiro atoms. The Labute approximate surface area is 115 Å². The van der Waals surface area contributed by atoms with E-state index in [1.807, 2.05) is 0 Å². The lowest BCUT2D eigenvalue weighted by atomic mass is 10.1. The van der Waals surface area contributed by atoms with Gasteiger partial charge in [0.25, 0.3) is 0 Å². The van der Waals surface area contributed by atoms with E-state index < -0.39 is 0 Å². The maximum absolute atomic E-state index is 13.4. The van der Waals surface area contributed by atoms with Gasteiger partial charge in [-0.05, 0) is 29.8 Å². The van der Waals surface area contributed by atoms with Crippen LogP contribution in [-0.2, 0) is 11.2 Å². The molecule has 0 fully saturated rings. The van der Waals surface area contributed by atoms with Gasteiger partial charge in [0.2, 0.25) is 0 Å². The second-order valence-corrected chi connectivity index (χ2v) is 4.49. The van der Waals surface area contributed by atoms with Crippen molar-refractivity contribution < 1.29 is 13.9 Å². The van der Waals surface area contributed by atoms with Crippen LogP contribution in [0.25, 0.3) is 0 Å². The zero-order valence-corrected chi connectivity index (χ0v) is 10.9. The fourth-order valence-electron chi connectivity index (χ4n) is 1.63. The van der Waals surface area contributed by atoms with Crippen LogP contribution < -0.4 is 4.74 Å². The summed E-state index contributed by atoms with van der Waals surface area (Å²) in [4.78, 5) is 11.7. The van der Waals surface area contributed by atoms with Gasteiger partial charge in [-0.25, -0.2) is 4.39 Å². The smallest absolute Gasteiger partial charge is 0.174 e. The van der Waals surface area contributed by atoms with Gasteiger partial charge in [-0.3, -0.25) is 4.79 Å². The van der Waals surface area contributed by atoms with Crippen molar-refractivity contribution in [2.24, 2.45) is 0 Å². The molecule has 0 atom stereocenters. The van der Waals surface area contributed by atoms with Crippen molar-refractivity contribution in [3.8, 4) is 5.75 Å². The predicted octanol–water partition coefficient (Wildman–Crippen LogP) is 3.67. The molecule has 4 heteroatoms. The van der Waals surface area contributed by atoms with Crippen LogP contribution in [0.15, 0.2) is 48.5 Å². The molecule has 0 aliphatic rings. The SMILES string of the molecule is O=C(COc1cccc(Cl)c1)Cc1ccccc1F. The molecule has 2 nitrogen and oxygen atoms in total. The Morgan fingerprint density at radius 1 is 1.16 bits per heavy atom. The van der Waals surface area contributed by atoms with Crippen molar-refractivity contribution in [1.82, 2.24) is 0 Å². The van der Waals surface area contributed by atoms with E-state index in [-0.39, 0.29) is 24.6 Å². The number of halogens is 2. The topological polar surface area (TPSA) is 26.3 Å². The number of rotatable bonds is 5. The molecule has 0 aliphatic heterocycles. The van der Waals surface area contributed by atoms with Gasteiger partial charge in [-0.2, -0.15) is 0 Å². The normalized spacial score (nSPS) is 10.2. The molecule has 2 aromatic carbocycles. The molecule has 0 bridgehead atoms. The van der Waals surface area contributed by atoms with Crippen LogP contribution in [0, 0.1) is 5.82 Å².